The van der Waals surface area contributed by atoms with E-state index in [1.165, 1.54) is 6.26 Å². The number of nitrogens with zero attached hydrogens (tertiary/aromatic N) is 1. The van der Waals surface area contributed by atoms with Gasteiger partial charge in [0.1, 0.15) is 6.26 Å². The van der Waals surface area contributed by atoms with Gasteiger partial charge in [0, 0.05) is 5.56 Å². The van der Waals surface area contributed by atoms with Crippen LogP contribution in [0.15, 0.2) is 41.0 Å². The van der Waals surface area contributed by atoms with Crippen LogP contribution in [0.1, 0.15) is 28.9 Å². The smallest absolute Gasteiger partial charge is 0.360 e. The fourth-order valence-corrected chi connectivity index (χ4v) is 1.28. The van der Waals surface area contributed by atoms with Gasteiger partial charge in [0.05, 0.1) is 6.61 Å². The minimum absolute atomic E-state index is 0.134. The second-order valence-electron chi connectivity index (χ2n) is 3.37. The zero-order valence-corrected chi connectivity index (χ0v) is 9.84. The van der Waals surface area contributed by atoms with E-state index in [2.05, 4.69) is 16.8 Å². The van der Waals surface area contributed by atoms with Gasteiger partial charge in [0.25, 0.3) is 5.89 Å². The van der Waals surface area contributed by atoms with Crippen molar-refractivity contribution >= 4 is 5.97 Å². The summed E-state index contributed by atoms with van der Waals surface area (Å²) in [7, 11) is 0. The van der Waals surface area contributed by atoms with Gasteiger partial charge in [-0.1, -0.05) is 24.1 Å². The molecule has 1 aromatic heterocycles. The number of hydrogen-bond acceptors (Lipinski definition) is 4. The zero-order chi connectivity index (χ0) is 12.8. The first-order chi connectivity index (χ1) is 8.79. The topological polar surface area (TPSA) is 52.3 Å². The Morgan fingerprint density at radius 2 is 2.11 bits per heavy atom. The zero-order valence-electron chi connectivity index (χ0n) is 9.84. The molecule has 18 heavy (non-hydrogen) atoms. The molecule has 0 N–H and O–H groups in total. The second kappa shape index (κ2) is 5.69. The lowest BCUT2D eigenvalue weighted by Crippen LogP contribution is -2.04. The normalized spacial score (nSPS) is 9.39. The molecule has 90 valence electrons. The van der Waals surface area contributed by atoms with Crippen LogP contribution in [-0.2, 0) is 4.74 Å². The van der Waals surface area contributed by atoms with E-state index in [9.17, 15) is 4.79 Å². The van der Waals surface area contributed by atoms with Crippen molar-refractivity contribution in [2.24, 2.45) is 0 Å². The summed E-state index contributed by atoms with van der Waals surface area (Å²) in [6.45, 7) is 2.03. The number of hydrogen-bond donors (Lipinski definition) is 0. The van der Waals surface area contributed by atoms with Crippen LogP contribution in [0.2, 0.25) is 0 Å². The summed E-state index contributed by atoms with van der Waals surface area (Å²) in [5, 5.41) is 0. The van der Waals surface area contributed by atoms with Gasteiger partial charge in [-0.2, -0.15) is 4.98 Å². The lowest BCUT2D eigenvalue weighted by molar-refractivity contribution is 0.0519. The number of oxazole rings is 1. The van der Waals surface area contributed by atoms with Crippen LogP contribution >= 0.6 is 0 Å². The predicted molar refractivity (Wildman–Crippen MR) is 64.9 cm³/mol. The fourth-order valence-electron chi connectivity index (χ4n) is 1.28. The van der Waals surface area contributed by atoms with Crippen LogP contribution in [0, 0.1) is 11.8 Å². The quantitative estimate of drug-likeness (QED) is 0.597. The van der Waals surface area contributed by atoms with Crippen molar-refractivity contribution in [2.75, 3.05) is 6.61 Å². The molecule has 0 amide bonds. The molecule has 0 bridgehead atoms. The van der Waals surface area contributed by atoms with Crippen molar-refractivity contribution in [3.8, 4) is 11.8 Å². The summed E-state index contributed by atoms with van der Waals surface area (Å²) in [6, 6.07) is 9.45. The Balaban J connectivity index is 2.12. The van der Waals surface area contributed by atoms with E-state index in [0.717, 1.165) is 5.56 Å². The van der Waals surface area contributed by atoms with E-state index < -0.39 is 5.97 Å². The third-order valence-corrected chi connectivity index (χ3v) is 2.08. The van der Waals surface area contributed by atoms with Crippen molar-refractivity contribution in [2.45, 2.75) is 6.92 Å². The Kier molecular flexibility index (Phi) is 3.77. The summed E-state index contributed by atoms with van der Waals surface area (Å²) in [5.41, 5.74) is 0.989. The highest BCUT2D eigenvalue weighted by Gasteiger charge is 2.11. The molecule has 0 aliphatic rings. The Morgan fingerprint density at radius 3 is 2.83 bits per heavy atom. The van der Waals surface area contributed by atoms with E-state index in [1.54, 1.807) is 6.92 Å². The van der Waals surface area contributed by atoms with Crippen LogP contribution in [0.25, 0.3) is 0 Å². The molecule has 0 fully saturated rings. The Morgan fingerprint density at radius 1 is 1.33 bits per heavy atom. The van der Waals surface area contributed by atoms with Crippen molar-refractivity contribution in [3.05, 3.63) is 53.7 Å². The number of aromatic nitrogens is 1. The molecular weight excluding hydrogens is 230 g/mol. The van der Waals surface area contributed by atoms with Crippen LogP contribution in [-0.4, -0.2) is 17.6 Å². The molecule has 0 unspecified atom stereocenters. The highest BCUT2D eigenvalue weighted by Crippen LogP contribution is 2.03. The first-order valence-electron chi connectivity index (χ1n) is 5.49. The van der Waals surface area contributed by atoms with E-state index in [0.29, 0.717) is 6.61 Å². The third kappa shape index (κ3) is 2.98. The average molecular weight is 241 g/mol. The number of rotatable bonds is 2. The van der Waals surface area contributed by atoms with Crippen molar-refractivity contribution < 1.29 is 13.9 Å². The highest BCUT2D eigenvalue weighted by atomic mass is 16.5. The van der Waals surface area contributed by atoms with Gasteiger partial charge in [-0.15, -0.1) is 0 Å². The number of ether oxygens (including phenoxy) is 1. The maximum absolute atomic E-state index is 11.3. The first kappa shape index (κ1) is 11.9. The molecule has 0 radical (unpaired) electrons. The van der Waals surface area contributed by atoms with E-state index >= 15 is 0 Å². The van der Waals surface area contributed by atoms with Crippen LogP contribution in [0.4, 0.5) is 0 Å². The van der Waals surface area contributed by atoms with Gasteiger partial charge in [-0.25, -0.2) is 4.79 Å². The molecule has 0 spiro atoms. The summed E-state index contributed by atoms with van der Waals surface area (Å²) in [4.78, 5) is 15.3. The van der Waals surface area contributed by atoms with Gasteiger partial charge < -0.3 is 9.15 Å². The summed E-state index contributed by atoms with van der Waals surface area (Å²) in [5.74, 6) is 5.32. The number of esters is 1. The number of benzene rings is 1. The van der Waals surface area contributed by atoms with Crippen molar-refractivity contribution in [1.82, 2.24) is 4.98 Å². The molecule has 1 aromatic carbocycles. The predicted octanol–water partition coefficient (Wildman–Crippen LogP) is 2.25. The van der Waals surface area contributed by atoms with E-state index in [-0.39, 0.29) is 11.6 Å². The molecule has 0 saturated carbocycles. The van der Waals surface area contributed by atoms with Gasteiger partial charge in [0.15, 0.2) is 5.69 Å². The lowest BCUT2D eigenvalue weighted by atomic mass is 10.2. The Labute approximate surface area is 105 Å². The maximum Gasteiger partial charge on any atom is 0.360 e. The van der Waals surface area contributed by atoms with Crippen molar-refractivity contribution in [3.63, 3.8) is 0 Å². The molecule has 2 rings (SSSR count). The van der Waals surface area contributed by atoms with Crippen LogP contribution in [0.5, 0.6) is 0 Å². The second-order valence-corrected chi connectivity index (χ2v) is 3.37. The largest absolute Gasteiger partial charge is 0.461 e. The molecule has 0 atom stereocenters. The lowest BCUT2D eigenvalue weighted by Gasteiger charge is -1.94. The SMILES string of the molecule is CCOC(=O)c1coc(C#Cc2ccccc2)n1. The molecule has 1 heterocycles. The van der Waals surface area contributed by atoms with E-state index in [4.69, 9.17) is 9.15 Å². The van der Waals surface area contributed by atoms with Gasteiger partial charge in [-0.3, -0.25) is 0 Å². The minimum Gasteiger partial charge on any atom is -0.461 e. The van der Waals surface area contributed by atoms with Crippen LogP contribution < -0.4 is 0 Å². The number of carbonyl (C=O) groups is 1. The molecule has 4 heteroatoms. The Bertz CT molecular complexity index is 590. The van der Waals surface area contributed by atoms with Gasteiger partial charge in [-0.05, 0) is 25.0 Å². The van der Waals surface area contributed by atoms with Crippen molar-refractivity contribution in [1.29, 1.82) is 0 Å². The first-order valence-corrected chi connectivity index (χ1v) is 5.49. The fraction of sp³-hybridized carbons (Fsp3) is 0.143. The standard InChI is InChI=1S/C14H11NO3/c1-2-17-14(16)12-10-18-13(15-12)9-8-11-6-4-3-5-7-11/h3-7,10H,2H2,1H3. The molecule has 2 aromatic rings. The summed E-state index contributed by atoms with van der Waals surface area (Å²) >= 11 is 0. The average Bonchev–Trinajstić information content (AvgIpc) is 2.87. The molecule has 0 aliphatic carbocycles. The Hall–Kier alpha value is -2.54. The monoisotopic (exact) mass is 241 g/mol. The third-order valence-electron chi connectivity index (χ3n) is 2.08. The maximum atomic E-state index is 11.3. The molecule has 4 nitrogen and oxygen atoms in total. The molecule has 0 aliphatic heterocycles. The number of carbonyl (C=O) groups excluding carboxylic acids is 1. The van der Waals surface area contributed by atoms with Gasteiger partial charge in [0.2, 0.25) is 0 Å². The minimum atomic E-state index is -0.506. The summed E-state index contributed by atoms with van der Waals surface area (Å²) < 4.78 is 9.86. The van der Waals surface area contributed by atoms with Crippen LogP contribution in [0.3, 0.4) is 0 Å². The molecule has 0 saturated heterocycles. The molecular formula is C14H11NO3. The van der Waals surface area contributed by atoms with Gasteiger partial charge >= 0.3 is 5.97 Å². The van der Waals surface area contributed by atoms with E-state index in [1.807, 2.05) is 30.3 Å². The highest BCUT2D eigenvalue weighted by molar-refractivity contribution is 5.86. The summed E-state index contributed by atoms with van der Waals surface area (Å²) in [6.07, 6.45) is 1.24.